The Balaban J connectivity index is 2.39. The van der Waals surface area contributed by atoms with E-state index in [0.717, 1.165) is 18.2 Å². The minimum Gasteiger partial charge on any atom is -0.300 e. The number of piperidine rings is 1. The number of ketones is 1. The highest BCUT2D eigenvalue weighted by Crippen LogP contribution is 2.33. The predicted octanol–water partition coefficient (Wildman–Crippen LogP) is 3.47. The Labute approximate surface area is 139 Å². The largest absolute Gasteiger partial charge is 0.416 e. The Hall–Kier alpha value is -1.41. The molecule has 24 heavy (non-hydrogen) atoms. The number of nitrogens with zero attached hydrogens (tertiary/aromatic N) is 1. The third-order valence-electron chi connectivity index (χ3n) is 3.99. The van der Waals surface area contributed by atoms with Crippen LogP contribution in [-0.2, 0) is 21.0 Å². The molecule has 1 unspecified atom stereocenters. The van der Waals surface area contributed by atoms with E-state index in [-0.39, 0.29) is 36.0 Å². The van der Waals surface area contributed by atoms with E-state index in [1.807, 2.05) is 13.8 Å². The standard InChI is InChI=1S/C16H20F3NO3S/c1-11(2)8-13-10-14(21)6-7-20(13)24(22,23)15-5-3-4-12(9-15)16(17,18)19/h3-5,9,11,13H,6-8,10H2,1-2H3. The summed E-state index contributed by atoms with van der Waals surface area (Å²) < 4.78 is 65.3. The molecule has 134 valence electrons. The summed E-state index contributed by atoms with van der Waals surface area (Å²) in [7, 11) is -4.08. The fourth-order valence-corrected chi connectivity index (χ4v) is 4.60. The number of carbonyl (C=O) groups is 1. The molecule has 0 amide bonds. The molecule has 0 aromatic heterocycles. The van der Waals surface area contributed by atoms with Crippen molar-refractivity contribution in [1.29, 1.82) is 0 Å². The van der Waals surface area contributed by atoms with Gasteiger partial charge in [-0.05, 0) is 30.5 Å². The summed E-state index contributed by atoms with van der Waals surface area (Å²) in [5, 5.41) is 0. The third-order valence-corrected chi connectivity index (χ3v) is 5.94. The third kappa shape index (κ3) is 4.16. The van der Waals surface area contributed by atoms with Gasteiger partial charge >= 0.3 is 6.18 Å². The number of carbonyl (C=O) groups excluding carboxylic acids is 1. The molecule has 1 aromatic carbocycles. The molecule has 1 atom stereocenters. The highest BCUT2D eigenvalue weighted by molar-refractivity contribution is 7.89. The summed E-state index contributed by atoms with van der Waals surface area (Å²) in [6, 6.07) is 3.23. The van der Waals surface area contributed by atoms with E-state index in [4.69, 9.17) is 0 Å². The number of hydrogen-bond acceptors (Lipinski definition) is 3. The molecule has 8 heteroatoms. The van der Waals surface area contributed by atoms with Gasteiger partial charge in [0, 0.05) is 25.4 Å². The fourth-order valence-electron chi connectivity index (χ4n) is 2.91. The maximum absolute atomic E-state index is 12.8. The van der Waals surface area contributed by atoms with Crippen LogP contribution in [0.25, 0.3) is 0 Å². The van der Waals surface area contributed by atoms with Crippen LogP contribution in [0.3, 0.4) is 0 Å². The van der Waals surface area contributed by atoms with E-state index in [2.05, 4.69) is 0 Å². The van der Waals surface area contributed by atoms with E-state index in [9.17, 15) is 26.4 Å². The van der Waals surface area contributed by atoms with Crippen molar-refractivity contribution in [3.05, 3.63) is 29.8 Å². The molecular weight excluding hydrogens is 343 g/mol. The molecule has 0 aliphatic carbocycles. The maximum Gasteiger partial charge on any atom is 0.416 e. The molecule has 0 spiro atoms. The molecule has 1 fully saturated rings. The van der Waals surface area contributed by atoms with Gasteiger partial charge in [-0.2, -0.15) is 17.5 Å². The number of benzene rings is 1. The number of rotatable bonds is 4. The average molecular weight is 363 g/mol. The van der Waals surface area contributed by atoms with Gasteiger partial charge in [0.05, 0.1) is 10.5 Å². The summed E-state index contributed by atoms with van der Waals surface area (Å²) >= 11 is 0. The van der Waals surface area contributed by atoms with Crippen molar-refractivity contribution in [2.75, 3.05) is 6.54 Å². The lowest BCUT2D eigenvalue weighted by Crippen LogP contribution is -2.46. The van der Waals surface area contributed by atoms with E-state index in [1.54, 1.807) is 0 Å². The topological polar surface area (TPSA) is 54.5 Å². The molecular formula is C16H20F3NO3S. The van der Waals surface area contributed by atoms with Crippen molar-refractivity contribution in [1.82, 2.24) is 4.31 Å². The Bertz CT molecular complexity index is 714. The van der Waals surface area contributed by atoms with Crippen molar-refractivity contribution in [3.8, 4) is 0 Å². The van der Waals surface area contributed by atoms with Gasteiger partial charge in [-0.1, -0.05) is 19.9 Å². The van der Waals surface area contributed by atoms with Crippen LogP contribution in [0.5, 0.6) is 0 Å². The second kappa shape index (κ2) is 6.84. The van der Waals surface area contributed by atoms with Crippen LogP contribution < -0.4 is 0 Å². The Morgan fingerprint density at radius 3 is 2.54 bits per heavy atom. The van der Waals surface area contributed by atoms with E-state index < -0.39 is 27.8 Å². The second-order valence-electron chi connectivity index (χ2n) is 6.42. The van der Waals surface area contributed by atoms with Gasteiger partial charge in [0.15, 0.2) is 0 Å². The quantitative estimate of drug-likeness (QED) is 0.823. The van der Waals surface area contributed by atoms with E-state index >= 15 is 0 Å². The summed E-state index contributed by atoms with van der Waals surface area (Å²) in [6.45, 7) is 3.83. The molecule has 0 radical (unpaired) electrons. The maximum atomic E-state index is 12.8. The molecule has 0 saturated carbocycles. The predicted molar refractivity (Wildman–Crippen MR) is 82.8 cm³/mol. The van der Waals surface area contributed by atoms with Crippen molar-refractivity contribution in [2.45, 2.75) is 50.2 Å². The van der Waals surface area contributed by atoms with Gasteiger partial charge in [-0.15, -0.1) is 0 Å². The summed E-state index contributed by atoms with van der Waals surface area (Å²) in [5.41, 5.74) is -1.00. The van der Waals surface area contributed by atoms with Gasteiger partial charge in [0.1, 0.15) is 5.78 Å². The second-order valence-corrected chi connectivity index (χ2v) is 8.31. The number of halogens is 3. The minimum absolute atomic E-state index is 0.00873. The van der Waals surface area contributed by atoms with Gasteiger partial charge in [-0.25, -0.2) is 8.42 Å². The lowest BCUT2D eigenvalue weighted by Gasteiger charge is -2.35. The van der Waals surface area contributed by atoms with Gasteiger partial charge in [-0.3, -0.25) is 4.79 Å². The molecule has 2 rings (SSSR count). The molecule has 1 heterocycles. The lowest BCUT2D eigenvalue weighted by atomic mass is 9.95. The van der Waals surface area contributed by atoms with Crippen molar-refractivity contribution in [3.63, 3.8) is 0 Å². The first kappa shape index (κ1) is 18.9. The van der Waals surface area contributed by atoms with Crippen LogP contribution >= 0.6 is 0 Å². The first-order chi connectivity index (χ1) is 11.0. The lowest BCUT2D eigenvalue weighted by molar-refractivity contribution is -0.137. The van der Waals surface area contributed by atoms with Crippen molar-refractivity contribution >= 4 is 15.8 Å². The smallest absolute Gasteiger partial charge is 0.300 e. The highest BCUT2D eigenvalue weighted by Gasteiger charge is 2.38. The van der Waals surface area contributed by atoms with Gasteiger partial charge < -0.3 is 0 Å². The van der Waals surface area contributed by atoms with Crippen molar-refractivity contribution in [2.24, 2.45) is 5.92 Å². The minimum atomic E-state index is -4.61. The Morgan fingerprint density at radius 1 is 1.29 bits per heavy atom. The van der Waals surface area contributed by atoms with Crippen LogP contribution in [0.4, 0.5) is 13.2 Å². The number of sulfonamides is 1. The van der Waals surface area contributed by atoms with E-state index in [0.29, 0.717) is 12.5 Å². The monoisotopic (exact) mass is 363 g/mol. The van der Waals surface area contributed by atoms with Crippen LogP contribution in [0.15, 0.2) is 29.2 Å². The van der Waals surface area contributed by atoms with Crippen LogP contribution in [-0.4, -0.2) is 31.1 Å². The average Bonchev–Trinajstić information content (AvgIpc) is 2.45. The zero-order valence-corrected chi connectivity index (χ0v) is 14.3. The summed E-state index contributed by atoms with van der Waals surface area (Å²) in [6.07, 6.45) is -3.92. The van der Waals surface area contributed by atoms with Crippen molar-refractivity contribution < 1.29 is 26.4 Å². The molecule has 1 saturated heterocycles. The van der Waals surface area contributed by atoms with Crippen LogP contribution in [0, 0.1) is 5.92 Å². The van der Waals surface area contributed by atoms with E-state index in [1.165, 1.54) is 4.31 Å². The fraction of sp³-hybridized carbons (Fsp3) is 0.562. The van der Waals surface area contributed by atoms with Crippen LogP contribution in [0.2, 0.25) is 0 Å². The molecule has 0 N–H and O–H groups in total. The zero-order chi connectivity index (χ0) is 18.1. The molecule has 1 aliphatic rings. The molecule has 4 nitrogen and oxygen atoms in total. The zero-order valence-electron chi connectivity index (χ0n) is 13.5. The van der Waals surface area contributed by atoms with Crippen LogP contribution in [0.1, 0.15) is 38.7 Å². The van der Waals surface area contributed by atoms with Gasteiger partial charge in [0.25, 0.3) is 0 Å². The Kier molecular flexibility index (Phi) is 5.39. The number of hydrogen-bond donors (Lipinski definition) is 0. The summed E-state index contributed by atoms with van der Waals surface area (Å²) in [4.78, 5) is 11.3. The number of alkyl halides is 3. The first-order valence-corrected chi connectivity index (χ1v) is 9.16. The highest BCUT2D eigenvalue weighted by atomic mass is 32.2. The van der Waals surface area contributed by atoms with Gasteiger partial charge in [0.2, 0.25) is 10.0 Å². The molecule has 1 aliphatic heterocycles. The molecule has 1 aromatic rings. The summed E-state index contributed by atoms with van der Waals surface area (Å²) in [5.74, 6) is 0.149. The number of Topliss-reactive ketones (excluding diaryl/α,β-unsaturated/α-hetero) is 1. The SMILES string of the molecule is CC(C)CC1CC(=O)CCN1S(=O)(=O)c1cccc(C(F)(F)F)c1. The molecule has 0 bridgehead atoms. The Morgan fingerprint density at radius 2 is 1.96 bits per heavy atom. The first-order valence-electron chi connectivity index (χ1n) is 7.72. The normalized spacial score (nSPS) is 20.6.